The number of carbonyl (C=O) groups excluding carboxylic acids is 1. The minimum Gasteiger partial charge on any atom is -0.382 e. The minimum absolute atomic E-state index is 0.0353. The fourth-order valence-electron chi connectivity index (χ4n) is 1.29. The molecule has 0 unspecified atom stereocenters. The van der Waals surface area contributed by atoms with Gasteiger partial charge in [-0.2, -0.15) is 0 Å². The maximum absolute atomic E-state index is 12.9. The summed E-state index contributed by atoms with van der Waals surface area (Å²) in [6, 6.07) is 5.35. The zero-order chi connectivity index (χ0) is 11.5. The molecule has 2 aromatic rings. The second-order valence-corrected chi connectivity index (χ2v) is 3.13. The summed E-state index contributed by atoms with van der Waals surface area (Å²) < 4.78 is 12.9. The molecule has 0 spiro atoms. The van der Waals surface area contributed by atoms with Crippen molar-refractivity contribution in [1.82, 2.24) is 9.97 Å². The average molecular weight is 217 g/mol. The van der Waals surface area contributed by atoms with Crippen LogP contribution >= 0.6 is 0 Å². The van der Waals surface area contributed by atoms with E-state index in [4.69, 9.17) is 5.73 Å². The monoisotopic (exact) mass is 217 g/mol. The molecular weight excluding hydrogens is 209 g/mol. The maximum Gasteiger partial charge on any atom is 0.215 e. The van der Waals surface area contributed by atoms with E-state index in [0.29, 0.717) is 0 Å². The van der Waals surface area contributed by atoms with Gasteiger partial charge in [-0.3, -0.25) is 4.79 Å². The van der Waals surface area contributed by atoms with Gasteiger partial charge in [-0.15, -0.1) is 0 Å². The number of halogens is 1. The second kappa shape index (κ2) is 4.06. The number of benzene rings is 1. The molecule has 0 radical (unpaired) electrons. The highest BCUT2D eigenvalue weighted by Gasteiger charge is 2.14. The molecule has 16 heavy (non-hydrogen) atoms. The van der Waals surface area contributed by atoms with Crippen LogP contribution in [0, 0.1) is 5.82 Å². The zero-order valence-corrected chi connectivity index (χ0v) is 8.22. The molecular formula is C11H8FN3O. The third-order valence-electron chi connectivity index (χ3n) is 2.03. The number of aromatic nitrogens is 2. The molecule has 2 rings (SSSR count). The Morgan fingerprint density at radius 3 is 2.69 bits per heavy atom. The van der Waals surface area contributed by atoms with Gasteiger partial charge in [0.1, 0.15) is 5.82 Å². The number of rotatable bonds is 2. The molecule has 0 amide bonds. The van der Waals surface area contributed by atoms with Crippen LogP contribution < -0.4 is 5.73 Å². The summed E-state index contributed by atoms with van der Waals surface area (Å²) in [4.78, 5) is 19.4. The van der Waals surface area contributed by atoms with Gasteiger partial charge in [0.15, 0.2) is 11.5 Å². The standard InChI is InChI=1S/C11H8FN3O/c12-8-3-1-2-7(6-8)10(16)9-11(13)15-5-4-14-9/h1-6H,(H2,13,15). The maximum atomic E-state index is 12.9. The molecule has 0 bridgehead atoms. The van der Waals surface area contributed by atoms with Gasteiger partial charge in [0, 0.05) is 18.0 Å². The van der Waals surface area contributed by atoms with E-state index in [2.05, 4.69) is 9.97 Å². The lowest BCUT2D eigenvalue weighted by Gasteiger charge is -2.02. The van der Waals surface area contributed by atoms with Crippen molar-refractivity contribution in [1.29, 1.82) is 0 Å². The summed E-state index contributed by atoms with van der Waals surface area (Å²) in [6.07, 6.45) is 2.75. The summed E-state index contributed by atoms with van der Waals surface area (Å²) in [5.41, 5.74) is 5.75. The van der Waals surface area contributed by atoms with Crippen LogP contribution in [0.3, 0.4) is 0 Å². The number of nitrogens with two attached hydrogens (primary N) is 1. The number of nitrogens with zero attached hydrogens (tertiary/aromatic N) is 2. The van der Waals surface area contributed by atoms with Crippen LogP contribution in [0.25, 0.3) is 0 Å². The Labute approximate surface area is 91.0 Å². The highest BCUT2D eigenvalue weighted by atomic mass is 19.1. The van der Waals surface area contributed by atoms with Gasteiger partial charge in [0.2, 0.25) is 5.78 Å². The number of carbonyl (C=O) groups is 1. The average Bonchev–Trinajstić information content (AvgIpc) is 2.29. The summed E-state index contributed by atoms with van der Waals surface area (Å²) in [5, 5.41) is 0. The first-order chi connectivity index (χ1) is 7.68. The van der Waals surface area contributed by atoms with Gasteiger partial charge in [-0.05, 0) is 12.1 Å². The van der Waals surface area contributed by atoms with E-state index in [1.165, 1.54) is 30.6 Å². The van der Waals surface area contributed by atoms with Gasteiger partial charge in [0.05, 0.1) is 0 Å². The molecule has 1 aromatic heterocycles. The molecule has 0 aliphatic heterocycles. The molecule has 0 aliphatic rings. The second-order valence-electron chi connectivity index (χ2n) is 3.13. The molecule has 0 atom stereocenters. The van der Waals surface area contributed by atoms with Gasteiger partial charge in [-0.1, -0.05) is 12.1 Å². The first kappa shape index (κ1) is 10.2. The largest absolute Gasteiger partial charge is 0.382 e. The van der Waals surface area contributed by atoms with E-state index < -0.39 is 11.6 Å². The highest BCUT2D eigenvalue weighted by Crippen LogP contribution is 2.12. The van der Waals surface area contributed by atoms with Gasteiger partial charge >= 0.3 is 0 Å². The van der Waals surface area contributed by atoms with Crippen molar-refractivity contribution in [3.05, 3.63) is 53.7 Å². The van der Waals surface area contributed by atoms with Crippen LogP contribution in [-0.2, 0) is 0 Å². The molecule has 0 saturated carbocycles. The lowest BCUT2D eigenvalue weighted by molar-refractivity contribution is 0.103. The van der Waals surface area contributed by atoms with Crippen LogP contribution in [0.1, 0.15) is 16.1 Å². The van der Waals surface area contributed by atoms with Crippen molar-refractivity contribution in [2.75, 3.05) is 5.73 Å². The molecule has 4 nitrogen and oxygen atoms in total. The SMILES string of the molecule is Nc1nccnc1C(=O)c1cccc(F)c1. The first-order valence-corrected chi connectivity index (χ1v) is 4.55. The Bertz CT molecular complexity index is 542. The quantitative estimate of drug-likeness (QED) is 0.772. The number of ketones is 1. The topological polar surface area (TPSA) is 68.9 Å². The highest BCUT2D eigenvalue weighted by molar-refractivity contribution is 6.10. The number of hydrogen-bond acceptors (Lipinski definition) is 4. The zero-order valence-electron chi connectivity index (χ0n) is 8.22. The normalized spacial score (nSPS) is 10.1. The van der Waals surface area contributed by atoms with Crippen molar-refractivity contribution < 1.29 is 9.18 Å². The molecule has 5 heteroatoms. The summed E-state index contributed by atoms with van der Waals surface area (Å²) in [5.74, 6) is -0.879. The Morgan fingerprint density at radius 1 is 1.25 bits per heavy atom. The number of hydrogen-bond donors (Lipinski definition) is 1. The Morgan fingerprint density at radius 2 is 2.00 bits per heavy atom. The number of anilines is 1. The predicted molar refractivity (Wildman–Crippen MR) is 56.3 cm³/mol. The van der Waals surface area contributed by atoms with E-state index in [1.807, 2.05) is 0 Å². The lowest BCUT2D eigenvalue weighted by atomic mass is 10.1. The Balaban J connectivity index is 2.44. The van der Waals surface area contributed by atoms with E-state index in [0.717, 1.165) is 6.07 Å². The van der Waals surface area contributed by atoms with Crippen LogP contribution in [-0.4, -0.2) is 15.8 Å². The van der Waals surface area contributed by atoms with Gasteiger partial charge < -0.3 is 5.73 Å². The molecule has 0 fully saturated rings. The molecule has 80 valence electrons. The van der Waals surface area contributed by atoms with Crippen molar-refractivity contribution in [3.8, 4) is 0 Å². The first-order valence-electron chi connectivity index (χ1n) is 4.55. The molecule has 1 aromatic carbocycles. The van der Waals surface area contributed by atoms with Crippen LogP contribution in [0.2, 0.25) is 0 Å². The van der Waals surface area contributed by atoms with E-state index in [1.54, 1.807) is 0 Å². The van der Waals surface area contributed by atoms with E-state index in [-0.39, 0.29) is 17.1 Å². The van der Waals surface area contributed by atoms with Crippen LogP contribution in [0.15, 0.2) is 36.7 Å². The summed E-state index contributed by atoms with van der Waals surface area (Å²) >= 11 is 0. The van der Waals surface area contributed by atoms with E-state index in [9.17, 15) is 9.18 Å². The summed E-state index contributed by atoms with van der Waals surface area (Å²) in [6.45, 7) is 0. The fourth-order valence-corrected chi connectivity index (χ4v) is 1.29. The van der Waals surface area contributed by atoms with Crippen molar-refractivity contribution in [2.45, 2.75) is 0 Å². The minimum atomic E-state index is -0.478. The third kappa shape index (κ3) is 1.88. The number of nitrogen functional groups attached to an aromatic ring is 1. The fraction of sp³-hybridized carbons (Fsp3) is 0. The van der Waals surface area contributed by atoms with Crippen molar-refractivity contribution in [3.63, 3.8) is 0 Å². The van der Waals surface area contributed by atoms with Crippen molar-refractivity contribution in [2.24, 2.45) is 0 Å². The molecule has 0 saturated heterocycles. The van der Waals surface area contributed by atoms with Crippen LogP contribution in [0.4, 0.5) is 10.2 Å². The molecule has 1 heterocycles. The third-order valence-corrected chi connectivity index (χ3v) is 2.03. The van der Waals surface area contributed by atoms with E-state index >= 15 is 0 Å². The molecule has 2 N–H and O–H groups in total. The van der Waals surface area contributed by atoms with Crippen molar-refractivity contribution >= 4 is 11.6 Å². The lowest BCUT2D eigenvalue weighted by Crippen LogP contribution is -2.09. The van der Waals surface area contributed by atoms with Crippen LogP contribution in [0.5, 0.6) is 0 Å². The smallest absolute Gasteiger partial charge is 0.215 e. The molecule has 0 aliphatic carbocycles. The Hall–Kier alpha value is -2.30. The predicted octanol–water partition coefficient (Wildman–Crippen LogP) is 1.43. The van der Waals surface area contributed by atoms with Gasteiger partial charge in [-0.25, -0.2) is 14.4 Å². The van der Waals surface area contributed by atoms with Gasteiger partial charge in [0.25, 0.3) is 0 Å². The summed E-state index contributed by atoms with van der Waals surface area (Å²) in [7, 11) is 0. The Kier molecular flexibility index (Phi) is 2.59.